The fraction of sp³-hybridized carbons (Fsp3) is 1.00. The molecule has 0 fully saturated rings. The van der Waals surface area contributed by atoms with Crippen LogP contribution in [0.3, 0.4) is 0 Å². The maximum absolute atomic E-state index is 12.4. The van der Waals surface area contributed by atoms with Crippen molar-refractivity contribution in [3.63, 3.8) is 0 Å². The van der Waals surface area contributed by atoms with Gasteiger partial charge in [0, 0.05) is 14.7 Å². The molecule has 0 aliphatic carbocycles. The van der Waals surface area contributed by atoms with E-state index in [1.807, 2.05) is 13.8 Å². The van der Waals surface area contributed by atoms with Crippen LogP contribution in [0.5, 0.6) is 0 Å². The molecule has 6 atom stereocenters. The van der Waals surface area contributed by atoms with Crippen LogP contribution in [-0.4, -0.2) is 23.6 Å². The molecule has 240 valence electrons. The molecular formula is C32H68NiO4P2. The zero-order chi connectivity index (χ0) is 29.5. The van der Waals surface area contributed by atoms with E-state index in [4.69, 9.17) is 0 Å². The van der Waals surface area contributed by atoms with Crippen LogP contribution < -0.4 is 9.79 Å². The van der Waals surface area contributed by atoms with Gasteiger partial charge in [0.05, 0.1) is 0 Å². The Labute approximate surface area is 255 Å². The van der Waals surface area contributed by atoms with Crippen LogP contribution in [0.1, 0.15) is 171 Å². The summed E-state index contributed by atoms with van der Waals surface area (Å²) in [4.78, 5) is 24.7. The largest absolute Gasteiger partial charge is 2.00 e. The molecule has 0 spiro atoms. The van der Waals surface area contributed by atoms with Crippen molar-refractivity contribution in [2.75, 3.05) is 12.3 Å². The van der Waals surface area contributed by atoms with Crippen LogP contribution in [0.25, 0.3) is 0 Å². The van der Waals surface area contributed by atoms with E-state index in [9.17, 15) is 18.9 Å². The Balaban J connectivity index is -0.000000648. The normalized spacial score (nSPS) is 17.5. The summed E-state index contributed by atoms with van der Waals surface area (Å²) in [7, 11) is -6.39. The van der Waals surface area contributed by atoms with Crippen molar-refractivity contribution in [3.05, 3.63) is 0 Å². The molecule has 0 aliphatic rings. The summed E-state index contributed by atoms with van der Waals surface area (Å²) < 4.78 is 24.7. The molecule has 4 nitrogen and oxygen atoms in total. The zero-order valence-corrected chi connectivity index (χ0v) is 30.1. The second-order valence-corrected chi connectivity index (χ2v) is 17.4. The summed E-state index contributed by atoms with van der Waals surface area (Å²) in [6.45, 7) is 16.7. The van der Waals surface area contributed by atoms with E-state index in [0.29, 0.717) is 24.2 Å². The second-order valence-electron chi connectivity index (χ2n) is 12.0. The zero-order valence-electron chi connectivity index (χ0n) is 27.3. The van der Waals surface area contributed by atoms with Gasteiger partial charge >= 0.3 is 16.5 Å². The molecular weight excluding hydrogens is 569 g/mol. The second kappa shape index (κ2) is 27.7. The Kier molecular flexibility index (Phi) is 31.5. The van der Waals surface area contributed by atoms with Gasteiger partial charge in [0.15, 0.2) is 0 Å². The van der Waals surface area contributed by atoms with E-state index in [1.165, 1.54) is 38.5 Å². The first-order valence-electron chi connectivity index (χ1n) is 16.5. The van der Waals surface area contributed by atoms with Crippen LogP contribution in [0.2, 0.25) is 0 Å². The Morgan fingerprint density at radius 1 is 0.487 bits per heavy atom. The van der Waals surface area contributed by atoms with Crippen molar-refractivity contribution in [3.8, 4) is 0 Å². The average Bonchev–Trinajstić information content (AvgIpc) is 2.89. The van der Waals surface area contributed by atoms with Gasteiger partial charge in [0.2, 0.25) is 0 Å². The maximum atomic E-state index is 12.4. The monoisotopic (exact) mass is 636 g/mol. The molecule has 0 amide bonds. The summed E-state index contributed by atoms with van der Waals surface area (Å²) in [5.74, 6) is 0.753. The summed E-state index contributed by atoms with van der Waals surface area (Å²) in [5.41, 5.74) is -0.250. The maximum Gasteiger partial charge on any atom is 2.00 e. The molecule has 0 aromatic rings. The Morgan fingerprint density at radius 2 is 0.795 bits per heavy atom. The first-order valence-corrected chi connectivity index (χ1v) is 20.3. The van der Waals surface area contributed by atoms with Gasteiger partial charge in [0.25, 0.3) is 0 Å². The van der Waals surface area contributed by atoms with Crippen LogP contribution in [0.15, 0.2) is 0 Å². The summed E-state index contributed by atoms with van der Waals surface area (Å²) in [6.07, 6.45) is 20.7. The molecule has 0 saturated heterocycles. The van der Waals surface area contributed by atoms with Crippen molar-refractivity contribution >= 4 is 14.7 Å². The van der Waals surface area contributed by atoms with E-state index in [1.54, 1.807) is 0 Å². The van der Waals surface area contributed by atoms with Crippen LogP contribution >= 0.6 is 14.7 Å². The number of hydrogen-bond acceptors (Lipinski definition) is 4. The summed E-state index contributed by atoms with van der Waals surface area (Å²) >= 11 is 0. The van der Waals surface area contributed by atoms with Gasteiger partial charge in [-0.15, -0.1) is 0 Å². The number of hydrogen-bond donors (Lipinski definition) is 0. The minimum atomic E-state index is -3.20. The van der Waals surface area contributed by atoms with Gasteiger partial charge in [-0.3, -0.25) is 0 Å². The van der Waals surface area contributed by atoms with E-state index in [2.05, 4.69) is 41.5 Å². The Bertz CT molecular complexity index is 565. The Morgan fingerprint density at radius 3 is 1.05 bits per heavy atom. The topological polar surface area (TPSA) is 80.3 Å². The molecule has 0 aromatic carbocycles. The third-order valence-corrected chi connectivity index (χ3v) is 13.7. The number of rotatable bonds is 24. The Hall–Kier alpha value is 0.874. The first kappa shape index (κ1) is 44.3. The molecule has 0 heterocycles. The van der Waals surface area contributed by atoms with Crippen molar-refractivity contribution in [2.45, 2.75) is 182 Å². The minimum absolute atomic E-state index is 0. The van der Waals surface area contributed by atoms with E-state index in [0.717, 1.165) is 77.0 Å². The van der Waals surface area contributed by atoms with Crippen molar-refractivity contribution in [1.29, 1.82) is 0 Å². The predicted molar refractivity (Wildman–Crippen MR) is 168 cm³/mol. The van der Waals surface area contributed by atoms with Gasteiger partial charge in [-0.05, 0) is 48.3 Å². The molecule has 39 heavy (non-hydrogen) atoms. The summed E-state index contributed by atoms with van der Waals surface area (Å²) in [6, 6.07) is 0. The third kappa shape index (κ3) is 24.1. The molecule has 0 saturated carbocycles. The molecule has 7 heteroatoms. The van der Waals surface area contributed by atoms with Crippen molar-refractivity contribution in [1.82, 2.24) is 0 Å². The summed E-state index contributed by atoms with van der Waals surface area (Å²) in [5, 5.41) is 0. The SMILES string of the molecule is CCCCCCC(C)P(=O)([O-])CC(CC)CCCC.CCCCCCC(C)P(=O)([O-])CC(CC)CCCC.[Ni+2]. The minimum Gasteiger partial charge on any atom is -0.799 e. The molecule has 6 unspecified atom stereocenters. The van der Waals surface area contributed by atoms with Gasteiger partial charge in [-0.2, -0.15) is 0 Å². The van der Waals surface area contributed by atoms with Crippen LogP contribution in [0.4, 0.5) is 0 Å². The van der Waals surface area contributed by atoms with E-state index >= 15 is 0 Å². The molecule has 0 aliphatic heterocycles. The molecule has 0 rings (SSSR count). The first-order chi connectivity index (χ1) is 17.9. The molecule has 0 aromatic heterocycles. The smallest absolute Gasteiger partial charge is 0.799 e. The average molecular weight is 638 g/mol. The van der Waals surface area contributed by atoms with E-state index < -0.39 is 14.7 Å². The van der Waals surface area contributed by atoms with Crippen LogP contribution in [-0.2, 0) is 25.6 Å². The fourth-order valence-corrected chi connectivity index (χ4v) is 9.23. The van der Waals surface area contributed by atoms with Gasteiger partial charge < -0.3 is 18.9 Å². The van der Waals surface area contributed by atoms with Gasteiger partial charge in [0.1, 0.15) is 0 Å². The van der Waals surface area contributed by atoms with Crippen LogP contribution in [0, 0.1) is 11.8 Å². The van der Waals surface area contributed by atoms with E-state index in [-0.39, 0.29) is 27.8 Å². The third-order valence-electron chi connectivity index (χ3n) is 8.41. The van der Waals surface area contributed by atoms with Gasteiger partial charge in [-0.1, -0.05) is 158 Å². The fourth-order valence-electron chi connectivity index (χ4n) is 5.04. The predicted octanol–water partition coefficient (Wildman–Crippen LogP) is 10.4. The van der Waals surface area contributed by atoms with Crippen molar-refractivity contribution < 1.29 is 35.4 Å². The van der Waals surface area contributed by atoms with Gasteiger partial charge in [-0.25, -0.2) is 0 Å². The number of unbranched alkanes of at least 4 members (excludes halogenated alkanes) is 8. The molecule has 0 bridgehead atoms. The quantitative estimate of drug-likeness (QED) is 0.0599. The molecule has 0 N–H and O–H groups in total. The molecule has 0 radical (unpaired) electrons. The standard InChI is InChI=1S/2C16H35O2P.Ni/c2*1-5-8-10-11-12-15(4)19(17,18)14-16(7-3)13-9-6-2;/h2*15-16H,5-14H2,1-4H3,(H,17,18);/q;;+2/p-2. The van der Waals surface area contributed by atoms with Crippen molar-refractivity contribution in [2.24, 2.45) is 11.8 Å².